The van der Waals surface area contributed by atoms with Gasteiger partial charge in [0, 0.05) is 6.07 Å². The van der Waals surface area contributed by atoms with E-state index in [9.17, 15) is 0 Å². The molecule has 0 aromatic carbocycles. The summed E-state index contributed by atoms with van der Waals surface area (Å²) in [6.07, 6.45) is 1.61. The Morgan fingerprint density at radius 1 is 1.89 bits per heavy atom. The number of nitrogens with one attached hydrogen (secondary N) is 2. The van der Waals surface area contributed by atoms with Gasteiger partial charge in [-0.25, -0.2) is 0 Å². The van der Waals surface area contributed by atoms with Crippen LogP contribution in [0.4, 0.5) is 5.82 Å². The van der Waals surface area contributed by atoms with E-state index in [0.29, 0.717) is 5.82 Å². The highest BCUT2D eigenvalue weighted by Gasteiger charge is 1.89. The summed E-state index contributed by atoms with van der Waals surface area (Å²) in [4.78, 5) is 0. The SMILES string of the molecule is NC(=S)Nc1ccn[nH]1. The van der Waals surface area contributed by atoms with Gasteiger partial charge in [-0.2, -0.15) is 5.10 Å². The van der Waals surface area contributed by atoms with Crippen molar-refractivity contribution in [1.29, 1.82) is 0 Å². The largest absolute Gasteiger partial charge is 0.376 e. The van der Waals surface area contributed by atoms with Crippen LogP contribution >= 0.6 is 12.2 Å². The van der Waals surface area contributed by atoms with E-state index < -0.39 is 0 Å². The van der Waals surface area contributed by atoms with Gasteiger partial charge in [0.2, 0.25) is 0 Å². The van der Waals surface area contributed by atoms with Crippen LogP contribution in [0.1, 0.15) is 0 Å². The molecule has 4 N–H and O–H groups in total. The number of aromatic amines is 1. The smallest absolute Gasteiger partial charge is 0.169 e. The summed E-state index contributed by atoms with van der Waals surface area (Å²) >= 11 is 4.56. The van der Waals surface area contributed by atoms with Crippen molar-refractivity contribution in [3.8, 4) is 0 Å². The first kappa shape index (κ1) is 6.03. The molecule has 0 amide bonds. The van der Waals surface area contributed by atoms with E-state index in [1.165, 1.54) is 0 Å². The zero-order valence-corrected chi connectivity index (χ0v) is 5.40. The summed E-state index contributed by atoms with van der Waals surface area (Å²) in [5.41, 5.74) is 5.16. The number of nitrogens with zero attached hydrogens (tertiary/aromatic N) is 1. The number of rotatable bonds is 1. The third kappa shape index (κ3) is 1.69. The molecule has 0 radical (unpaired) electrons. The molecule has 1 rings (SSSR count). The summed E-state index contributed by atoms with van der Waals surface area (Å²) in [5, 5.41) is 9.22. The van der Waals surface area contributed by atoms with Gasteiger partial charge in [-0.1, -0.05) is 0 Å². The Balaban J connectivity index is 2.58. The van der Waals surface area contributed by atoms with Crippen LogP contribution in [0.15, 0.2) is 12.3 Å². The third-order valence-corrected chi connectivity index (χ3v) is 0.861. The van der Waals surface area contributed by atoms with Gasteiger partial charge in [0.05, 0.1) is 6.20 Å². The molecule has 0 spiro atoms. The van der Waals surface area contributed by atoms with Crippen molar-refractivity contribution >= 4 is 23.1 Å². The maximum Gasteiger partial charge on any atom is 0.169 e. The molecule has 1 aromatic heterocycles. The number of anilines is 1. The zero-order chi connectivity index (χ0) is 6.69. The average molecular weight is 142 g/mol. The molecule has 0 saturated carbocycles. The number of hydrogen-bond donors (Lipinski definition) is 3. The lowest BCUT2D eigenvalue weighted by Gasteiger charge is -1.95. The Morgan fingerprint density at radius 2 is 2.67 bits per heavy atom. The molecule has 48 valence electrons. The van der Waals surface area contributed by atoms with E-state index in [0.717, 1.165) is 0 Å². The zero-order valence-electron chi connectivity index (χ0n) is 4.59. The fraction of sp³-hybridized carbons (Fsp3) is 0. The Morgan fingerprint density at radius 3 is 3.11 bits per heavy atom. The Kier molecular flexibility index (Phi) is 1.64. The summed E-state index contributed by atoms with van der Waals surface area (Å²) < 4.78 is 0. The van der Waals surface area contributed by atoms with Gasteiger partial charge in [0.15, 0.2) is 5.11 Å². The molecule has 0 atom stereocenters. The molecule has 0 saturated heterocycles. The monoisotopic (exact) mass is 142 g/mol. The minimum Gasteiger partial charge on any atom is -0.376 e. The van der Waals surface area contributed by atoms with Crippen LogP contribution in [0, 0.1) is 0 Å². The van der Waals surface area contributed by atoms with Gasteiger partial charge < -0.3 is 11.1 Å². The van der Waals surface area contributed by atoms with Crippen LogP contribution in [-0.4, -0.2) is 15.3 Å². The van der Waals surface area contributed by atoms with Crippen molar-refractivity contribution in [2.75, 3.05) is 5.32 Å². The highest BCUT2D eigenvalue weighted by atomic mass is 32.1. The summed E-state index contributed by atoms with van der Waals surface area (Å²) in [6.45, 7) is 0. The van der Waals surface area contributed by atoms with Crippen LogP contribution in [-0.2, 0) is 0 Å². The van der Waals surface area contributed by atoms with Crippen LogP contribution in [0.5, 0.6) is 0 Å². The second-order valence-corrected chi connectivity index (χ2v) is 1.90. The maximum absolute atomic E-state index is 5.16. The number of H-pyrrole nitrogens is 1. The predicted octanol–water partition coefficient (Wildman–Crippen LogP) is 0.0652. The van der Waals surface area contributed by atoms with Crippen molar-refractivity contribution < 1.29 is 0 Å². The highest BCUT2D eigenvalue weighted by molar-refractivity contribution is 7.80. The van der Waals surface area contributed by atoms with Gasteiger partial charge in [-0.15, -0.1) is 0 Å². The third-order valence-electron chi connectivity index (χ3n) is 0.759. The lowest BCUT2D eigenvalue weighted by atomic mass is 10.6. The van der Waals surface area contributed by atoms with Gasteiger partial charge in [0.25, 0.3) is 0 Å². The molecular formula is C4H6N4S. The lowest BCUT2D eigenvalue weighted by molar-refractivity contribution is 1.10. The number of aromatic nitrogens is 2. The topological polar surface area (TPSA) is 66.7 Å². The van der Waals surface area contributed by atoms with Crippen molar-refractivity contribution in [1.82, 2.24) is 10.2 Å². The van der Waals surface area contributed by atoms with E-state index in [4.69, 9.17) is 5.73 Å². The second kappa shape index (κ2) is 2.45. The fourth-order valence-electron chi connectivity index (χ4n) is 0.458. The van der Waals surface area contributed by atoms with Gasteiger partial charge in [-0.05, 0) is 12.2 Å². The van der Waals surface area contributed by atoms with Gasteiger partial charge in [-0.3, -0.25) is 5.10 Å². The van der Waals surface area contributed by atoms with E-state index >= 15 is 0 Å². The molecule has 5 heteroatoms. The van der Waals surface area contributed by atoms with E-state index in [1.54, 1.807) is 12.3 Å². The molecule has 1 heterocycles. The summed E-state index contributed by atoms with van der Waals surface area (Å²) in [7, 11) is 0. The van der Waals surface area contributed by atoms with Crippen LogP contribution in [0.25, 0.3) is 0 Å². The van der Waals surface area contributed by atoms with Crippen LogP contribution in [0.2, 0.25) is 0 Å². The highest BCUT2D eigenvalue weighted by Crippen LogP contribution is 1.95. The lowest BCUT2D eigenvalue weighted by Crippen LogP contribution is -2.18. The normalized spacial score (nSPS) is 8.89. The quantitative estimate of drug-likeness (QED) is 0.485. The fourth-order valence-corrected chi connectivity index (χ4v) is 0.568. The molecule has 0 fully saturated rings. The average Bonchev–Trinajstić information content (AvgIpc) is 2.15. The summed E-state index contributed by atoms with van der Waals surface area (Å²) in [5.74, 6) is 0.711. The number of nitrogens with two attached hydrogens (primary N) is 1. The van der Waals surface area contributed by atoms with Crippen molar-refractivity contribution in [3.05, 3.63) is 12.3 Å². The number of hydrogen-bond acceptors (Lipinski definition) is 2. The van der Waals surface area contributed by atoms with Gasteiger partial charge in [0.1, 0.15) is 5.82 Å². The molecule has 0 aliphatic carbocycles. The molecular weight excluding hydrogens is 136 g/mol. The Labute approximate surface area is 57.4 Å². The first-order valence-electron chi connectivity index (χ1n) is 2.35. The van der Waals surface area contributed by atoms with E-state index in [2.05, 4.69) is 27.7 Å². The summed E-state index contributed by atoms with van der Waals surface area (Å²) in [6, 6.07) is 1.74. The first-order chi connectivity index (χ1) is 4.29. The molecule has 9 heavy (non-hydrogen) atoms. The molecule has 0 aliphatic heterocycles. The molecule has 0 unspecified atom stereocenters. The predicted molar refractivity (Wildman–Crippen MR) is 39.0 cm³/mol. The second-order valence-electron chi connectivity index (χ2n) is 1.46. The number of thiocarbonyl (C=S) groups is 1. The van der Waals surface area contributed by atoms with Crippen molar-refractivity contribution in [2.45, 2.75) is 0 Å². The Bertz CT molecular complexity index is 192. The van der Waals surface area contributed by atoms with E-state index in [-0.39, 0.29) is 5.11 Å². The molecule has 1 aromatic rings. The Hall–Kier alpha value is -1.10. The molecule has 0 aliphatic rings. The molecule has 0 bridgehead atoms. The van der Waals surface area contributed by atoms with Gasteiger partial charge >= 0.3 is 0 Å². The first-order valence-corrected chi connectivity index (χ1v) is 2.75. The maximum atomic E-state index is 5.16. The van der Waals surface area contributed by atoms with Crippen LogP contribution < -0.4 is 11.1 Å². The van der Waals surface area contributed by atoms with Crippen LogP contribution in [0.3, 0.4) is 0 Å². The standard InChI is InChI=1S/C4H6N4S/c5-4(9)7-3-1-2-6-8-3/h1-2H,(H4,5,6,7,8,9). The minimum atomic E-state index is 0.235. The molecule has 4 nitrogen and oxygen atoms in total. The van der Waals surface area contributed by atoms with Crippen molar-refractivity contribution in [2.24, 2.45) is 5.73 Å². The minimum absolute atomic E-state index is 0.235. The van der Waals surface area contributed by atoms with E-state index in [1.807, 2.05) is 0 Å². The van der Waals surface area contributed by atoms with Crippen molar-refractivity contribution in [3.63, 3.8) is 0 Å².